The van der Waals surface area contributed by atoms with E-state index in [1.807, 2.05) is 35.6 Å². The normalized spacial score (nSPS) is 18.7. The van der Waals surface area contributed by atoms with Crippen molar-refractivity contribution in [3.8, 4) is 0 Å². The summed E-state index contributed by atoms with van der Waals surface area (Å²) >= 11 is 9.51. The van der Waals surface area contributed by atoms with Crippen molar-refractivity contribution in [2.24, 2.45) is 0 Å². The van der Waals surface area contributed by atoms with Crippen LogP contribution in [-0.2, 0) is 23.4 Å². The highest BCUT2D eigenvalue weighted by molar-refractivity contribution is 7.98. The molecule has 1 saturated heterocycles. The number of thiophene rings is 1. The van der Waals surface area contributed by atoms with Gasteiger partial charge in [-0.05, 0) is 55.5 Å². The lowest BCUT2D eigenvalue weighted by atomic mass is 10.1. The van der Waals surface area contributed by atoms with Crippen molar-refractivity contribution in [2.75, 3.05) is 11.9 Å². The fraction of sp³-hybridized carbons (Fsp3) is 0.381. The molecular weight excluding hydrogens is 424 g/mol. The minimum absolute atomic E-state index is 0.132. The van der Waals surface area contributed by atoms with E-state index in [0.717, 1.165) is 45.7 Å². The zero-order valence-corrected chi connectivity index (χ0v) is 18.2. The lowest BCUT2D eigenvalue weighted by molar-refractivity contribution is -0.122. The fourth-order valence-corrected chi connectivity index (χ4v) is 6.10. The van der Waals surface area contributed by atoms with E-state index < -0.39 is 0 Å². The molecule has 1 atom stereocenters. The molecule has 29 heavy (non-hydrogen) atoms. The van der Waals surface area contributed by atoms with E-state index in [1.54, 1.807) is 11.8 Å². The van der Waals surface area contributed by atoms with E-state index in [4.69, 9.17) is 21.6 Å². The predicted octanol–water partition coefficient (Wildman–Crippen LogP) is 4.82. The first-order chi connectivity index (χ1) is 14.2. The van der Waals surface area contributed by atoms with E-state index in [2.05, 4.69) is 10.6 Å². The molecule has 1 amide bonds. The summed E-state index contributed by atoms with van der Waals surface area (Å²) in [5, 5.41) is 8.51. The van der Waals surface area contributed by atoms with Crippen LogP contribution in [-0.4, -0.2) is 28.5 Å². The molecule has 2 aliphatic rings. The van der Waals surface area contributed by atoms with Gasteiger partial charge in [0.1, 0.15) is 16.5 Å². The smallest absolute Gasteiger partial charge is 0.220 e. The number of amides is 1. The number of anilines is 1. The number of hydrogen-bond donors (Lipinski definition) is 2. The minimum Gasteiger partial charge on any atom is -0.365 e. The third-order valence-corrected chi connectivity index (χ3v) is 7.84. The molecule has 0 bridgehead atoms. The Morgan fingerprint density at radius 1 is 1.21 bits per heavy atom. The highest BCUT2D eigenvalue weighted by Gasteiger charge is 2.25. The number of nitrogens with zero attached hydrogens (tertiary/aromatic N) is 2. The van der Waals surface area contributed by atoms with Gasteiger partial charge in [0, 0.05) is 33.8 Å². The quantitative estimate of drug-likeness (QED) is 0.552. The standard InChI is InChI=1S/C21H21ClN4OS2/c22-12-4-7-14(8-5-12)28-11-17-25-20(24-13-6-9-18(27)23-10-13)19-15-2-1-3-16(15)29-21(19)26-17/h4-5,7-8,13H,1-3,6,9-11H2,(H,23,27)(H,24,25,26)/t13-/m1/s1. The second-order valence-corrected chi connectivity index (χ2v) is 10.0. The molecule has 1 fully saturated rings. The second-order valence-electron chi connectivity index (χ2n) is 7.45. The molecule has 2 aromatic heterocycles. The van der Waals surface area contributed by atoms with Gasteiger partial charge in [0.05, 0.1) is 11.1 Å². The van der Waals surface area contributed by atoms with Gasteiger partial charge >= 0.3 is 0 Å². The van der Waals surface area contributed by atoms with Gasteiger partial charge in [-0.15, -0.1) is 23.1 Å². The maximum absolute atomic E-state index is 11.5. The monoisotopic (exact) mass is 444 g/mol. The second kappa shape index (κ2) is 8.13. The Kier molecular flexibility index (Phi) is 5.37. The van der Waals surface area contributed by atoms with Gasteiger partial charge in [-0.25, -0.2) is 9.97 Å². The van der Waals surface area contributed by atoms with Crippen molar-refractivity contribution in [3.63, 3.8) is 0 Å². The Morgan fingerprint density at radius 2 is 2.07 bits per heavy atom. The van der Waals surface area contributed by atoms with Crippen LogP contribution in [0.15, 0.2) is 29.2 Å². The van der Waals surface area contributed by atoms with Crippen LogP contribution in [0.3, 0.4) is 0 Å². The molecule has 1 aromatic carbocycles. The molecule has 150 valence electrons. The molecule has 2 N–H and O–H groups in total. The zero-order chi connectivity index (χ0) is 19.8. The highest BCUT2D eigenvalue weighted by atomic mass is 35.5. The molecule has 0 spiro atoms. The summed E-state index contributed by atoms with van der Waals surface area (Å²) in [5.74, 6) is 2.60. The number of piperidine rings is 1. The largest absolute Gasteiger partial charge is 0.365 e. The first-order valence-electron chi connectivity index (χ1n) is 9.88. The molecular formula is C21H21ClN4OS2. The van der Waals surface area contributed by atoms with Crippen molar-refractivity contribution in [3.05, 3.63) is 45.6 Å². The lowest BCUT2D eigenvalue weighted by Crippen LogP contribution is -2.42. The van der Waals surface area contributed by atoms with E-state index in [-0.39, 0.29) is 11.9 Å². The van der Waals surface area contributed by atoms with E-state index in [1.165, 1.54) is 22.2 Å². The molecule has 5 nitrogen and oxygen atoms in total. The molecule has 1 aliphatic carbocycles. The van der Waals surface area contributed by atoms with Crippen LogP contribution in [0.5, 0.6) is 0 Å². The maximum atomic E-state index is 11.5. The average molecular weight is 445 g/mol. The fourth-order valence-electron chi connectivity index (χ4n) is 3.94. The van der Waals surface area contributed by atoms with Gasteiger partial charge in [-0.1, -0.05) is 11.6 Å². The Labute approximate surface area is 182 Å². The number of hydrogen-bond acceptors (Lipinski definition) is 6. The van der Waals surface area contributed by atoms with Crippen LogP contribution in [0.2, 0.25) is 5.02 Å². The van der Waals surface area contributed by atoms with Gasteiger partial charge in [0.2, 0.25) is 5.91 Å². The Hall–Kier alpha value is -1.83. The number of fused-ring (bicyclic) bond motifs is 3. The summed E-state index contributed by atoms with van der Waals surface area (Å²) < 4.78 is 0. The Balaban J connectivity index is 1.44. The third kappa shape index (κ3) is 4.09. The minimum atomic E-state index is 0.132. The van der Waals surface area contributed by atoms with Crippen LogP contribution < -0.4 is 10.6 Å². The number of carbonyl (C=O) groups is 1. The van der Waals surface area contributed by atoms with Crippen molar-refractivity contribution < 1.29 is 4.79 Å². The molecule has 3 aromatic rings. The number of nitrogens with one attached hydrogen (secondary N) is 2. The topological polar surface area (TPSA) is 66.9 Å². The highest BCUT2D eigenvalue weighted by Crippen LogP contribution is 2.40. The molecule has 5 rings (SSSR count). The Morgan fingerprint density at radius 3 is 2.86 bits per heavy atom. The Bertz CT molecular complexity index is 1060. The molecule has 0 radical (unpaired) electrons. The zero-order valence-electron chi connectivity index (χ0n) is 15.8. The van der Waals surface area contributed by atoms with Gasteiger partial charge in [-0.2, -0.15) is 0 Å². The number of rotatable bonds is 5. The third-order valence-electron chi connectivity index (χ3n) is 5.40. The van der Waals surface area contributed by atoms with Gasteiger partial charge in [-0.3, -0.25) is 4.79 Å². The van der Waals surface area contributed by atoms with Crippen LogP contribution >= 0.6 is 34.7 Å². The summed E-state index contributed by atoms with van der Waals surface area (Å²) in [7, 11) is 0. The number of halogens is 1. The first-order valence-corrected chi connectivity index (χ1v) is 12.1. The van der Waals surface area contributed by atoms with E-state index in [0.29, 0.717) is 18.7 Å². The molecule has 1 aliphatic heterocycles. The summed E-state index contributed by atoms with van der Waals surface area (Å²) in [4.78, 5) is 25.0. The number of carbonyl (C=O) groups excluding carboxylic acids is 1. The lowest BCUT2D eigenvalue weighted by Gasteiger charge is -2.24. The summed E-state index contributed by atoms with van der Waals surface area (Å²) in [5.41, 5.74) is 1.42. The average Bonchev–Trinajstić information content (AvgIpc) is 3.30. The summed E-state index contributed by atoms with van der Waals surface area (Å²) in [6.45, 7) is 0.644. The SMILES string of the molecule is O=C1CC[C@@H](Nc2nc(CSc3ccc(Cl)cc3)nc3sc4c(c23)CCC4)CN1. The van der Waals surface area contributed by atoms with Gasteiger partial charge < -0.3 is 10.6 Å². The van der Waals surface area contributed by atoms with Crippen LogP contribution in [0.1, 0.15) is 35.5 Å². The maximum Gasteiger partial charge on any atom is 0.220 e. The van der Waals surface area contributed by atoms with Crippen molar-refractivity contribution >= 4 is 56.6 Å². The van der Waals surface area contributed by atoms with Crippen molar-refractivity contribution in [1.82, 2.24) is 15.3 Å². The predicted molar refractivity (Wildman–Crippen MR) is 120 cm³/mol. The van der Waals surface area contributed by atoms with Crippen molar-refractivity contribution in [1.29, 1.82) is 0 Å². The van der Waals surface area contributed by atoms with E-state index >= 15 is 0 Å². The number of benzene rings is 1. The van der Waals surface area contributed by atoms with Crippen LogP contribution in [0, 0.1) is 0 Å². The first kappa shape index (κ1) is 19.2. The van der Waals surface area contributed by atoms with Crippen molar-refractivity contribution in [2.45, 2.75) is 48.8 Å². The number of thioether (sulfide) groups is 1. The summed E-state index contributed by atoms with van der Waals surface area (Å²) in [6, 6.07) is 8.06. The van der Waals surface area contributed by atoms with E-state index in [9.17, 15) is 4.79 Å². The molecule has 8 heteroatoms. The van der Waals surface area contributed by atoms with Crippen LogP contribution in [0.25, 0.3) is 10.2 Å². The molecule has 3 heterocycles. The molecule has 0 unspecified atom stereocenters. The summed E-state index contributed by atoms with van der Waals surface area (Å²) in [6.07, 6.45) is 4.85. The van der Waals surface area contributed by atoms with Gasteiger partial charge in [0.25, 0.3) is 0 Å². The van der Waals surface area contributed by atoms with Crippen LogP contribution in [0.4, 0.5) is 5.82 Å². The number of aromatic nitrogens is 2. The number of aryl methyl sites for hydroxylation is 2. The van der Waals surface area contributed by atoms with Gasteiger partial charge in [0.15, 0.2) is 0 Å². The molecule has 0 saturated carbocycles.